The molecule has 1 fully saturated rings. The molecule has 1 aliphatic carbocycles. The van der Waals surface area contributed by atoms with Gasteiger partial charge in [-0.2, -0.15) is 0 Å². The zero-order valence-corrected chi connectivity index (χ0v) is 15.4. The predicted octanol–water partition coefficient (Wildman–Crippen LogP) is 4.97. The van der Waals surface area contributed by atoms with Crippen LogP contribution in [0, 0.1) is 0 Å². The van der Waals surface area contributed by atoms with Gasteiger partial charge >= 0.3 is 5.97 Å². The molecule has 0 aliphatic heterocycles. The van der Waals surface area contributed by atoms with Gasteiger partial charge in [0, 0.05) is 41.2 Å². The molecular formula is C22H22F2N2O2. The lowest BCUT2D eigenvalue weighted by Crippen LogP contribution is -2.34. The van der Waals surface area contributed by atoms with E-state index in [0.717, 1.165) is 34.9 Å². The van der Waals surface area contributed by atoms with Crippen molar-refractivity contribution in [1.29, 1.82) is 0 Å². The number of carboxylic acids is 1. The highest BCUT2D eigenvalue weighted by molar-refractivity contribution is 5.98. The summed E-state index contributed by atoms with van der Waals surface area (Å²) in [5, 5.41) is 14.3. The Morgan fingerprint density at radius 3 is 2.46 bits per heavy atom. The minimum absolute atomic E-state index is 0.0371. The van der Waals surface area contributed by atoms with Crippen molar-refractivity contribution in [3.8, 4) is 0 Å². The van der Waals surface area contributed by atoms with E-state index in [1.807, 2.05) is 24.3 Å². The molecule has 0 bridgehead atoms. The van der Waals surface area contributed by atoms with Crippen LogP contribution in [0.15, 0.2) is 48.5 Å². The second-order valence-electron chi connectivity index (χ2n) is 7.29. The zero-order chi connectivity index (χ0) is 19.7. The summed E-state index contributed by atoms with van der Waals surface area (Å²) >= 11 is 0. The number of para-hydroxylation sites is 1. The minimum Gasteiger partial charge on any atom is -0.477 e. The van der Waals surface area contributed by atoms with Crippen LogP contribution in [-0.4, -0.2) is 21.7 Å². The molecule has 146 valence electrons. The molecule has 3 aromatic rings. The molecule has 0 unspecified atom stereocenters. The molecule has 2 aromatic carbocycles. The lowest BCUT2D eigenvalue weighted by molar-refractivity contribution is 0.0684. The number of halogens is 2. The molecule has 6 heteroatoms. The van der Waals surface area contributed by atoms with E-state index in [-0.39, 0.29) is 11.3 Å². The molecule has 1 heterocycles. The van der Waals surface area contributed by atoms with E-state index in [2.05, 4.69) is 5.32 Å². The van der Waals surface area contributed by atoms with Crippen molar-refractivity contribution in [1.82, 2.24) is 9.88 Å². The lowest BCUT2D eigenvalue weighted by Gasteiger charge is -2.26. The van der Waals surface area contributed by atoms with Crippen LogP contribution in [-0.2, 0) is 13.1 Å². The quantitative estimate of drug-likeness (QED) is 0.605. The summed E-state index contributed by atoms with van der Waals surface area (Å²) in [7, 11) is 0. The number of alkyl halides is 2. The summed E-state index contributed by atoms with van der Waals surface area (Å²) in [6.07, 6.45) is 0.940. The van der Waals surface area contributed by atoms with Crippen molar-refractivity contribution in [2.75, 3.05) is 0 Å². The highest BCUT2D eigenvalue weighted by atomic mass is 19.3. The van der Waals surface area contributed by atoms with E-state index in [9.17, 15) is 18.7 Å². The van der Waals surface area contributed by atoms with Gasteiger partial charge in [-0.1, -0.05) is 48.9 Å². The van der Waals surface area contributed by atoms with Gasteiger partial charge in [0.1, 0.15) is 5.69 Å². The second kappa shape index (κ2) is 7.72. The van der Waals surface area contributed by atoms with Gasteiger partial charge in [0.2, 0.25) is 0 Å². The molecule has 4 rings (SSSR count). The van der Waals surface area contributed by atoms with Gasteiger partial charge in [-0.15, -0.1) is 0 Å². The van der Waals surface area contributed by atoms with Gasteiger partial charge in [-0.05, 0) is 24.5 Å². The van der Waals surface area contributed by atoms with Gasteiger partial charge in [-0.25, -0.2) is 13.6 Å². The average Bonchev–Trinajstić information content (AvgIpc) is 2.95. The van der Waals surface area contributed by atoms with Crippen LogP contribution in [0.1, 0.15) is 52.9 Å². The van der Waals surface area contributed by atoms with Crippen molar-refractivity contribution in [3.05, 3.63) is 70.9 Å². The first-order valence-corrected chi connectivity index (χ1v) is 9.48. The summed E-state index contributed by atoms with van der Waals surface area (Å²) < 4.78 is 27.4. The summed E-state index contributed by atoms with van der Waals surface area (Å²) in [5.74, 6) is -0.981. The third kappa shape index (κ3) is 3.52. The Morgan fingerprint density at radius 2 is 1.86 bits per heavy atom. The lowest BCUT2D eigenvalue weighted by atomic mass is 9.93. The number of carboxylic acid groups (broad SMARTS) is 1. The van der Waals surface area contributed by atoms with Crippen molar-refractivity contribution >= 4 is 16.9 Å². The van der Waals surface area contributed by atoms with Crippen LogP contribution in [0.2, 0.25) is 0 Å². The number of aromatic carboxylic acids is 1. The van der Waals surface area contributed by atoms with Crippen LogP contribution < -0.4 is 5.32 Å². The van der Waals surface area contributed by atoms with Gasteiger partial charge in [0.15, 0.2) is 0 Å². The topological polar surface area (TPSA) is 54.3 Å². The van der Waals surface area contributed by atoms with E-state index in [1.54, 1.807) is 16.7 Å². The molecule has 4 nitrogen and oxygen atoms in total. The van der Waals surface area contributed by atoms with Crippen molar-refractivity contribution < 1.29 is 18.7 Å². The van der Waals surface area contributed by atoms with Crippen LogP contribution >= 0.6 is 0 Å². The largest absolute Gasteiger partial charge is 0.477 e. The first-order valence-electron chi connectivity index (χ1n) is 9.48. The highest BCUT2D eigenvalue weighted by Crippen LogP contribution is 2.29. The predicted molar refractivity (Wildman–Crippen MR) is 104 cm³/mol. The fourth-order valence-corrected chi connectivity index (χ4v) is 3.77. The van der Waals surface area contributed by atoms with Gasteiger partial charge in [0.25, 0.3) is 6.43 Å². The monoisotopic (exact) mass is 384 g/mol. The normalized spacial score (nSPS) is 14.5. The molecule has 28 heavy (non-hydrogen) atoms. The molecule has 2 N–H and O–H groups in total. The maximum absolute atomic E-state index is 12.8. The van der Waals surface area contributed by atoms with Crippen LogP contribution in [0.5, 0.6) is 0 Å². The van der Waals surface area contributed by atoms with E-state index in [1.165, 1.54) is 18.6 Å². The Bertz CT molecular complexity index is 992. The molecule has 0 atom stereocenters. The molecule has 0 spiro atoms. The summed E-state index contributed by atoms with van der Waals surface area (Å²) in [6, 6.07) is 14.1. The molecule has 1 saturated carbocycles. The van der Waals surface area contributed by atoms with Crippen LogP contribution in [0.3, 0.4) is 0 Å². The maximum atomic E-state index is 12.8. The third-order valence-corrected chi connectivity index (χ3v) is 5.52. The molecule has 0 saturated heterocycles. The van der Waals surface area contributed by atoms with Gasteiger partial charge in [0.05, 0.1) is 0 Å². The van der Waals surface area contributed by atoms with Crippen LogP contribution in [0.25, 0.3) is 10.9 Å². The highest BCUT2D eigenvalue weighted by Gasteiger charge is 2.24. The third-order valence-electron chi connectivity index (χ3n) is 5.52. The molecule has 0 radical (unpaired) electrons. The fourth-order valence-electron chi connectivity index (χ4n) is 3.77. The van der Waals surface area contributed by atoms with Crippen LogP contribution in [0.4, 0.5) is 8.78 Å². The number of fused-ring (bicyclic) bond motifs is 1. The van der Waals surface area contributed by atoms with Gasteiger partial charge in [-0.3, -0.25) is 0 Å². The molecule has 1 aliphatic rings. The van der Waals surface area contributed by atoms with E-state index < -0.39 is 12.4 Å². The number of nitrogens with zero attached hydrogens (tertiary/aromatic N) is 1. The SMILES string of the molecule is O=C(O)c1c(CNC2CCC2)c2ccccc2n1Cc1ccc(C(F)F)cc1. The minimum atomic E-state index is -2.51. The molecular weight excluding hydrogens is 362 g/mol. The summed E-state index contributed by atoms with van der Waals surface area (Å²) in [4.78, 5) is 12.1. The number of benzene rings is 2. The standard InChI is InChI=1S/C22H22F2N2O2/c23-21(24)15-10-8-14(9-11-15)13-26-19-7-2-1-6-17(19)18(20(26)22(27)28)12-25-16-4-3-5-16/h1-2,6-11,16,21,25H,3-5,12-13H2,(H,27,28). The Labute approximate surface area is 161 Å². The Morgan fingerprint density at radius 1 is 1.14 bits per heavy atom. The van der Waals surface area contributed by atoms with Gasteiger partial charge < -0.3 is 15.0 Å². The smallest absolute Gasteiger partial charge is 0.352 e. The number of hydrogen-bond acceptors (Lipinski definition) is 2. The summed E-state index contributed by atoms with van der Waals surface area (Å²) in [6.45, 7) is 0.819. The Kier molecular flexibility index (Phi) is 5.13. The number of aromatic nitrogens is 1. The Balaban J connectivity index is 1.73. The number of nitrogens with one attached hydrogen (secondary N) is 1. The number of carbonyl (C=O) groups is 1. The number of hydrogen-bond donors (Lipinski definition) is 2. The van der Waals surface area contributed by atoms with Crippen molar-refractivity contribution in [2.24, 2.45) is 0 Å². The zero-order valence-electron chi connectivity index (χ0n) is 15.4. The first kappa shape index (κ1) is 18.6. The fraction of sp³-hybridized carbons (Fsp3) is 0.318. The second-order valence-corrected chi connectivity index (χ2v) is 7.29. The molecule has 0 amide bonds. The molecule has 1 aromatic heterocycles. The number of rotatable bonds is 7. The van der Waals surface area contributed by atoms with E-state index in [0.29, 0.717) is 19.1 Å². The van der Waals surface area contributed by atoms with Crippen molar-refractivity contribution in [3.63, 3.8) is 0 Å². The summed E-state index contributed by atoms with van der Waals surface area (Å²) in [5.41, 5.74) is 2.62. The average molecular weight is 384 g/mol. The van der Waals surface area contributed by atoms with E-state index in [4.69, 9.17) is 0 Å². The Hall–Kier alpha value is -2.73. The van der Waals surface area contributed by atoms with E-state index >= 15 is 0 Å². The first-order chi connectivity index (χ1) is 13.5. The van der Waals surface area contributed by atoms with Crippen molar-refractivity contribution in [2.45, 2.75) is 44.8 Å². The maximum Gasteiger partial charge on any atom is 0.352 e.